The van der Waals surface area contributed by atoms with E-state index >= 15 is 0 Å². The molecule has 2 N–H and O–H groups in total. The van der Waals surface area contributed by atoms with Crippen molar-refractivity contribution in [2.75, 3.05) is 26.4 Å². The molecule has 150 valence electrons. The van der Waals surface area contributed by atoms with Crippen LogP contribution in [0.1, 0.15) is 30.4 Å². The Morgan fingerprint density at radius 3 is 2.75 bits per heavy atom. The molecule has 2 aromatic carbocycles. The summed E-state index contributed by atoms with van der Waals surface area (Å²) < 4.78 is 17.4. The largest absolute Gasteiger partial charge is 0.490 e. The number of ether oxygens (including phenoxy) is 3. The van der Waals surface area contributed by atoms with Crippen LogP contribution in [0.5, 0.6) is 17.2 Å². The first-order valence-electron chi connectivity index (χ1n) is 10.3. The van der Waals surface area contributed by atoms with Gasteiger partial charge < -0.3 is 24.6 Å². The number of rotatable bonds is 6. The van der Waals surface area contributed by atoms with E-state index in [4.69, 9.17) is 14.2 Å². The number of aliphatic hydroxyl groups is 1. The van der Waals surface area contributed by atoms with E-state index in [0.717, 1.165) is 32.1 Å². The summed E-state index contributed by atoms with van der Waals surface area (Å²) >= 11 is 0. The van der Waals surface area contributed by atoms with Gasteiger partial charge in [0.15, 0.2) is 11.5 Å². The van der Waals surface area contributed by atoms with Crippen LogP contribution >= 0.6 is 0 Å². The van der Waals surface area contributed by atoms with Crippen molar-refractivity contribution in [3.8, 4) is 17.2 Å². The Labute approximate surface area is 166 Å². The molecule has 0 saturated heterocycles. The lowest BCUT2D eigenvalue weighted by Crippen LogP contribution is -2.40. The zero-order chi connectivity index (χ0) is 19.2. The lowest BCUT2D eigenvalue weighted by molar-refractivity contribution is 0.0994. The molecule has 0 saturated carbocycles. The van der Waals surface area contributed by atoms with Crippen LogP contribution in [0.15, 0.2) is 42.5 Å². The van der Waals surface area contributed by atoms with Crippen LogP contribution in [0, 0.1) is 0 Å². The van der Waals surface area contributed by atoms with Crippen molar-refractivity contribution < 1.29 is 19.3 Å². The maximum Gasteiger partial charge on any atom is 0.203 e. The fraction of sp³-hybridized carbons (Fsp3) is 0.478. The fourth-order valence-electron chi connectivity index (χ4n) is 3.85. The number of nitrogens with one attached hydrogen (secondary N) is 1. The van der Waals surface area contributed by atoms with E-state index in [0.29, 0.717) is 43.0 Å². The predicted molar refractivity (Wildman–Crippen MR) is 108 cm³/mol. The zero-order valence-electron chi connectivity index (χ0n) is 16.2. The molecule has 1 aliphatic carbocycles. The summed E-state index contributed by atoms with van der Waals surface area (Å²) in [5.74, 6) is 1.99. The van der Waals surface area contributed by atoms with Gasteiger partial charge in [0, 0.05) is 12.6 Å². The minimum atomic E-state index is -0.581. The van der Waals surface area contributed by atoms with Crippen LogP contribution < -0.4 is 19.5 Å². The monoisotopic (exact) mass is 383 g/mol. The second-order valence-electron chi connectivity index (χ2n) is 7.57. The van der Waals surface area contributed by atoms with Crippen molar-refractivity contribution in [1.82, 2.24) is 5.32 Å². The van der Waals surface area contributed by atoms with Crippen LogP contribution in [0.4, 0.5) is 0 Å². The average molecular weight is 383 g/mol. The van der Waals surface area contributed by atoms with Gasteiger partial charge in [-0.15, -0.1) is 0 Å². The van der Waals surface area contributed by atoms with E-state index in [9.17, 15) is 5.11 Å². The summed E-state index contributed by atoms with van der Waals surface area (Å²) in [6, 6.07) is 14.7. The highest BCUT2D eigenvalue weighted by Crippen LogP contribution is 2.38. The molecule has 2 unspecified atom stereocenters. The molecule has 1 heterocycles. The van der Waals surface area contributed by atoms with Crippen molar-refractivity contribution in [3.63, 3.8) is 0 Å². The molecule has 0 radical (unpaired) electrons. The van der Waals surface area contributed by atoms with E-state index in [1.165, 1.54) is 11.1 Å². The number of hydrogen-bond donors (Lipinski definition) is 2. The van der Waals surface area contributed by atoms with Crippen molar-refractivity contribution in [1.29, 1.82) is 0 Å². The Balaban J connectivity index is 1.27. The van der Waals surface area contributed by atoms with E-state index in [-0.39, 0.29) is 6.61 Å². The Morgan fingerprint density at radius 2 is 1.86 bits per heavy atom. The van der Waals surface area contributed by atoms with E-state index in [1.54, 1.807) is 0 Å². The molecule has 0 bridgehead atoms. The minimum absolute atomic E-state index is 0.218. The van der Waals surface area contributed by atoms with Crippen molar-refractivity contribution >= 4 is 0 Å². The van der Waals surface area contributed by atoms with E-state index in [2.05, 4.69) is 29.6 Å². The van der Waals surface area contributed by atoms with Crippen molar-refractivity contribution in [3.05, 3.63) is 53.6 Å². The van der Waals surface area contributed by atoms with Gasteiger partial charge in [-0.2, -0.15) is 0 Å². The van der Waals surface area contributed by atoms with Gasteiger partial charge in [-0.1, -0.05) is 30.3 Å². The third-order valence-corrected chi connectivity index (χ3v) is 5.41. The molecule has 2 atom stereocenters. The Hall–Kier alpha value is -2.24. The second kappa shape index (κ2) is 9.30. The quantitative estimate of drug-likeness (QED) is 0.803. The first-order valence-corrected chi connectivity index (χ1v) is 10.3. The number of benzene rings is 2. The molecule has 5 nitrogen and oxygen atoms in total. The topological polar surface area (TPSA) is 60.0 Å². The molecule has 0 amide bonds. The summed E-state index contributed by atoms with van der Waals surface area (Å²) in [6.07, 6.45) is 4.57. The summed E-state index contributed by atoms with van der Waals surface area (Å²) in [6.45, 7) is 2.08. The summed E-state index contributed by atoms with van der Waals surface area (Å²) in [4.78, 5) is 0. The normalized spacial score (nSPS) is 19.8. The van der Waals surface area contributed by atoms with Crippen LogP contribution in [0.25, 0.3) is 0 Å². The lowest BCUT2D eigenvalue weighted by Gasteiger charge is -2.26. The fourth-order valence-corrected chi connectivity index (χ4v) is 3.85. The lowest BCUT2D eigenvalue weighted by atomic mass is 9.88. The Bertz CT molecular complexity index is 779. The van der Waals surface area contributed by atoms with Crippen LogP contribution in [0.3, 0.4) is 0 Å². The van der Waals surface area contributed by atoms with Gasteiger partial charge in [0.1, 0.15) is 12.7 Å². The van der Waals surface area contributed by atoms with Gasteiger partial charge in [-0.25, -0.2) is 0 Å². The summed E-state index contributed by atoms with van der Waals surface area (Å²) in [7, 11) is 0. The SMILES string of the molecule is OC(CNC1CCc2ccccc2C1)COc1cccc2c1OCCCCO2. The number of aliphatic hydroxyl groups excluding tert-OH is 1. The molecule has 0 aromatic heterocycles. The molecular weight excluding hydrogens is 354 g/mol. The van der Waals surface area contributed by atoms with E-state index in [1.807, 2.05) is 18.2 Å². The summed E-state index contributed by atoms with van der Waals surface area (Å²) in [5.41, 5.74) is 2.87. The predicted octanol–water partition coefficient (Wildman–Crippen LogP) is 3.12. The third-order valence-electron chi connectivity index (χ3n) is 5.41. The van der Waals surface area contributed by atoms with Crippen LogP contribution in [-0.4, -0.2) is 43.6 Å². The highest BCUT2D eigenvalue weighted by molar-refractivity contribution is 5.51. The average Bonchev–Trinajstić information content (AvgIpc) is 2.71. The third kappa shape index (κ3) is 4.78. The number of aryl methyl sites for hydroxylation is 1. The van der Waals surface area contributed by atoms with Crippen molar-refractivity contribution in [2.24, 2.45) is 0 Å². The Kier molecular flexibility index (Phi) is 6.34. The standard InChI is InChI=1S/C23H29NO4/c25-20(15-24-19-11-10-17-6-1-2-7-18(17)14-19)16-28-22-9-5-8-21-23(22)27-13-4-3-12-26-21/h1-2,5-9,19-20,24-25H,3-4,10-16H2. The molecule has 1 aliphatic heterocycles. The molecule has 4 rings (SSSR count). The van der Waals surface area contributed by atoms with Gasteiger partial charge in [-0.05, 0) is 55.4 Å². The van der Waals surface area contributed by atoms with Gasteiger partial charge in [0.05, 0.1) is 13.2 Å². The molecule has 2 aromatic rings. The second-order valence-corrected chi connectivity index (χ2v) is 7.57. The molecule has 5 heteroatoms. The highest BCUT2D eigenvalue weighted by atomic mass is 16.5. The first-order chi connectivity index (χ1) is 13.8. The zero-order valence-corrected chi connectivity index (χ0v) is 16.2. The van der Waals surface area contributed by atoms with Gasteiger partial charge in [0.2, 0.25) is 5.75 Å². The number of para-hydroxylation sites is 1. The smallest absolute Gasteiger partial charge is 0.203 e. The van der Waals surface area contributed by atoms with Gasteiger partial charge in [-0.3, -0.25) is 0 Å². The number of hydrogen-bond acceptors (Lipinski definition) is 5. The van der Waals surface area contributed by atoms with Crippen LogP contribution in [0.2, 0.25) is 0 Å². The van der Waals surface area contributed by atoms with E-state index < -0.39 is 6.10 Å². The van der Waals surface area contributed by atoms with Gasteiger partial charge in [0.25, 0.3) is 0 Å². The number of fused-ring (bicyclic) bond motifs is 2. The molecule has 0 fully saturated rings. The Morgan fingerprint density at radius 1 is 1.04 bits per heavy atom. The van der Waals surface area contributed by atoms with Crippen LogP contribution in [-0.2, 0) is 12.8 Å². The highest BCUT2D eigenvalue weighted by Gasteiger charge is 2.20. The molecule has 2 aliphatic rings. The molecule has 0 spiro atoms. The molecular formula is C23H29NO4. The van der Waals surface area contributed by atoms with Crippen molar-refractivity contribution in [2.45, 2.75) is 44.2 Å². The summed E-state index contributed by atoms with van der Waals surface area (Å²) in [5, 5.41) is 13.9. The maximum atomic E-state index is 10.4. The minimum Gasteiger partial charge on any atom is -0.490 e. The first kappa shape index (κ1) is 19.1. The van der Waals surface area contributed by atoms with Gasteiger partial charge >= 0.3 is 0 Å². The maximum absolute atomic E-state index is 10.4. The molecule has 28 heavy (non-hydrogen) atoms.